The van der Waals surface area contributed by atoms with Gasteiger partial charge in [0.05, 0.1) is 16.8 Å². The Balaban J connectivity index is 1.37. The monoisotopic (exact) mass is 470 g/mol. The van der Waals surface area contributed by atoms with Crippen LogP contribution in [0.5, 0.6) is 0 Å². The largest absolute Gasteiger partial charge is 0.381 e. The number of halogens is 2. The Kier molecular flexibility index (Phi) is 5.81. The summed E-state index contributed by atoms with van der Waals surface area (Å²) in [7, 11) is 0. The highest BCUT2D eigenvalue weighted by atomic mass is 32.1. The van der Waals surface area contributed by atoms with Crippen LogP contribution in [0.25, 0.3) is 10.2 Å². The first-order valence-corrected chi connectivity index (χ1v) is 11.6. The molecule has 0 spiro atoms. The lowest BCUT2D eigenvalue weighted by molar-refractivity contribution is -0.0650. The number of rotatable bonds is 6. The number of anilines is 1. The first-order chi connectivity index (χ1) is 15.9. The second-order valence-electron chi connectivity index (χ2n) is 8.30. The van der Waals surface area contributed by atoms with E-state index in [9.17, 15) is 13.9 Å². The third kappa shape index (κ3) is 4.21. The van der Waals surface area contributed by atoms with Crippen LogP contribution in [0, 0.1) is 11.6 Å². The number of benzene rings is 2. The summed E-state index contributed by atoms with van der Waals surface area (Å²) in [5, 5.41) is 16.9. The lowest BCUT2D eigenvalue weighted by Gasteiger charge is -2.44. The highest BCUT2D eigenvalue weighted by Gasteiger charge is 2.42. The number of piperazine rings is 1. The van der Waals surface area contributed by atoms with E-state index in [0.29, 0.717) is 13.1 Å². The molecule has 1 aliphatic rings. The van der Waals surface area contributed by atoms with Gasteiger partial charge in [0, 0.05) is 43.9 Å². The molecule has 10 heteroatoms. The molecule has 1 N–H and O–H groups in total. The number of hydrogen-bond donors (Lipinski definition) is 1. The number of para-hydroxylation sites is 1. The van der Waals surface area contributed by atoms with Gasteiger partial charge in [-0.15, -0.1) is 0 Å². The normalized spacial score (nSPS) is 17.9. The maximum absolute atomic E-state index is 14.8. The van der Waals surface area contributed by atoms with Gasteiger partial charge in [0.2, 0.25) is 0 Å². The van der Waals surface area contributed by atoms with Crippen molar-refractivity contribution in [3.05, 3.63) is 72.3 Å². The van der Waals surface area contributed by atoms with Crippen molar-refractivity contribution in [1.29, 1.82) is 0 Å². The molecule has 0 amide bonds. The molecule has 1 aliphatic heterocycles. The summed E-state index contributed by atoms with van der Waals surface area (Å²) >= 11 is 1.67. The smallest absolute Gasteiger partial charge is 0.186 e. The predicted octanol–water partition coefficient (Wildman–Crippen LogP) is 3.26. The van der Waals surface area contributed by atoms with Crippen LogP contribution in [-0.2, 0) is 12.1 Å². The van der Waals surface area contributed by atoms with Crippen LogP contribution in [-0.4, -0.2) is 62.0 Å². The second-order valence-corrected chi connectivity index (χ2v) is 9.31. The van der Waals surface area contributed by atoms with E-state index in [1.807, 2.05) is 25.1 Å². The van der Waals surface area contributed by atoms with E-state index in [0.717, 1.165) is 34.5 Å². The summed E-state index contributed by atoms with van der Waals surface area (Å²) in [6.45, 7) is 4.66. The zero-order valence-electron chi connectivity index (χ0n) is 18.1. The van der Waals surface area contributed by atoms with E-state index in [-0.39, 0.29) is 12.1 Å². The van der Waals surface area contributed by atoms with Crippen molar-refractivity contribution in [3.63, 3.8) is 0 Å². The molecule has 172 valence electrons. The Morgan fingerprint density at radius 3 is 2.61 bits per heavy atom. The van der Waals surface area contributed by atoms with Crippen molar-refractivity contribution in [2.24, 2.45) is 0 Å². The van der Waals surface area contributed by atoms with Gasteiger partial charge in [-0.25, -0.2) is 23.4 Å². The average molecular weight is 471 g/mol. The zero-order chi connectivity index (χ0) is 23.0. The van der Waals surface area contributed by atoms with Crippen LogP contribution in [0.15, 0.2) is 55.1 Å². The van der Waals surface area contributed by atoms with Gasteiger partial charge in [-0.3, -0.25) is 4.90 Å². The van der Waals surface area contributed by atoms with E-state index >= 15 is 0 Å². The third-order valence-corrected chi connectivity index (χ3v) is 7.47. The number of aliphatic hydroxyl groups is 1. The summed E-state index contributed by atoms with van der Waals surface area (Å²) in [6, 6.07) is 10.9. The molecule has 5 rings (SSSR count). The highest BCUT2D eigenvalue weighted by molar-refractivity contribution is 7.22. The fraction of sp³-hybridized carbons (Fsp3) is 0.348. The number of nitrogens with zero attached hydrogens (tertiary/aromatic N) is 6. The van der Waals surface area contributed by atoms with Crippen molar-refractivity contribution >= 4 is 26.7 Å². The van der Waals surface area contributed by atoms with Crippen LogP contribution < -0.4 is 4.90 Å². The van der Waals surface area contributed by atoms with Crippen LogP contribution in [0.1, 0.15) is 12.5 Å². The molecular weight excluding hydrogens is 446 g/mol. The van der Waals surface area contributed by atoms with Crippen LogP contribution in [0.4, 0.5) is 13.9 Å². The molecule has 0 radical (unpaired) electrons. The second kappa shape index (κ2) is 8.77. The van der Waals surface area contributed by atoms with E-state index in [4.69, 9.17) is 4.98 Å². The van der Waals surface area contributed by atoms with E-state index in [2.05, 4.69) is 25.9 Å². The van der Waals surface area contributed by atoms with E-state index in [1.165, 1.54) is 29.5 Å². The number of hydrogen-bond acceptors (Lipinski definition) is 7. The number of aromatic nitrogens is 4. The molecule has 2 atom stereocenters. The van der Waals surface area contributed by atoms with Gasteiger partial charge < -0.3 is 10.0 Å². The van der Waals surface area contributed by atoms with Gasteiger partial charge in [-0.2, -0.15) is 5.10 Å². The lowest BCUT2D eigenvalue weighted by atomic mass is 9.85. The Morgan fingerprint density at radius 1 is 1.12 bits per heavy atom. The summed E-state index contributed by atoms with van der Waals surface area (Å²) in [6.07, 6.45) is 2.84. The number of thiazole rings is 1. The topological polar surface area (TPSA) is 70.3 Å². The van der Waals surface area contributed by atoms with Gasteiger partial charge in [0.1, 0.15) is 29.9 Å². The molecule has 0 saturated carbocycles. The SMILES string of the molecule is C[C@@H](N1CCN(c2nc3ccccc3s2)CC1)[C@](O)(Cn1cncn1)c1ccc(F)cc1F. The number of fused-ring (bicyclic) bond motifs is 1. The molecule has 0 bridgehead atoms. The fourth-order valence-corrected chi connectivity index (χ4v) is 5.46. The van der Waals surface area contributed by atoms with Gasteiger partial charge in [-0.1, -0.05) is 29.5 Å². The van der Waals surface area contributed by atoms with Gasteiger partial charge >= 0.3 is 0 Å². The molecule has 1 saturated heterocycles. The summed E-state index contributed by atoms with van der Waals surface area (Å²) in [4.78, 5) is 13.0. The first-order valence-electron chi connectivity index (χ1n) is 10.8. The average Bonchev–Trinajstić information content (AvgIpc) is 3.48. The molecule has 33 heavy (non-hydrogen) atoms. The van der Waals surface area contributed by atoms with Crippen molar-refractivity contribution in [2.75, 3.05) is 31.1 Å². The maximum atomic E-state index is 14.8. The standard InChI is InChI=1S/C23H24F2N6OS/c1-16(23(32,13-31-15-26-14-27-31)18-7-6-17(24)12-19(18)25)29-8-10-30(11-9-29)22-28-20-4-2-3-5-21(20)33-22/h2-7,12,14-16,32H,8-11,13H2,1H3/t16-,23-/m1/s1. The van der Waals surface area contributed by atoms with Gasteiger partial charge in [0.15, 0.2) is 5.13 Å². The Hall–Kier alpha value is -2.95. The van der Waals surface area contributed by atoms with E-state index in [1.54, 1.807) is 11.3 Å². The Morgan fingerprint density at radius 2 is 1.91 bits per heavy atom. The van der Waals surface area contributed by atoms with Gasteiger partial charge in [-0.05, 0) is 25.1 Å². The summed E-state index contributed by atoms with van der Waals surface area (Å²) < 4.78 is 31.0. The van der Waals surface area contributed by atoms with Crippen LogP contribution in [0.3, 0.4) is 0 Å². The van der Waals surface area contributed by atoms with Crippen molar-refractivity contribution in [3.8, 4) is 0 Å². The molecule has 3 heterocycles. The fourth-order valence-electron chi connectivity index (χ4n) is 4.44. The highest BCUT2D eigenvalue weighted by Crippen LogP contribution is 2.34. The quantitative estimate of drug-likeness (QED) is 0.467. The van der Waals surface area contributed by atoms with Crippen LogP contribution >= 0.6 is 11.3 Å². The molecule has 2 aromatic heterocycles. The Bertz CT molecular complexity index is 1210. The molecule has 0 unspecified atom stereocenters. The molecule has 2 aromatic carbocycles. The minimum Gasteiger partial charge on any atom is -0.381 e. The van der Waals surface area contributed by atoms with Crippen molar-refractivity contribution < 1.29 is 13.9 Å². The Labute approximate surface area is 193 Å². The van der Waals surface area contributed by atoms with Crippen LogP contribution in [0.2, 0.25) is 0 Å². The van der Waals surface area contributed by atoms with Crippen molar-refractivity contribution in [1.82, 2.24) is 24.6 Å². The van der Waals surface area contributed by atoms with E-state index < -0.39 is 23.3 Å². The first kappa shape index (κ1) is 21.9. The molecular formula is C23H24F2N6OS. The minimum absolute atomic E-state index is 0.00516. The molecule has 1 fully saturated rings. The third-order valence-electron chi connectivity index (χ3n) is 6.37. The predicted molar refractivity (Wildman–Crippen MR) is 123 cm³/mol. The van der Waals surface area contributed by atoms with Crippen molar-refractivity contribution in [2.45, 2.75) is 25.1 Å². The maximum Gasteiger partial charge on any atom is 0.186 e. The molecule has 7 nitrogen and oxygen atoms in total. The lowest BCUT2D eigenvalue weighted by Crippen LogP contribution is -2.57. The summed E-state index contributed by atoms with van der Waals surface area (Å²) in [5.74, 6) is -1.46. The summed E-state index contributed by atoms with van der Waals surface area (Å²) in [5.41, 5.74) is -0.605. The zero-order valence-corrected chi connectivity index (χ0v) is 18.9. The minimum atomic E-state index is -1.64. The van der Waals surface area contributed by atoms with Gasteiger partial charge in [0.25, 0.3) is 0 Å². The molecule has 0 aliphatic carbocycles. The molecule has 4 aromatic rings.